The summed E-state index contributed by atoms with van der Waals surface area (Å²) in [5.74, 6) is 0.578. The van der Waals surface area contributed by atoms with Gasteiger partial charge in [-0.25, -0.2) is 9.37 Å². The number of hydrogen-bond acceptors (Lipinski definition) is 4. The summed E-state index contributed by atoms with van der Waals surface area (Å²) in [6.45, 7) is 1.87. The SMILES string of the molecule is CN1CC(C(=O)N(C)C[C@@H]2C[C@H](F)CN2Cc2nccn2C)CC1=O. The highest BCUT2D eigenvalue weighted by Gasteiger charge is 2.37. The van der Waals surface area contributed by atoms with Crippen molar-refractivity contribution in [2.75, 3.05) is 33.7 Å². The van der Waals surface area contributed by atoms with Crippen molar-refractivity contribution in [1.29, 1.82) is 0 Å². The molecule has 25 heavy (non-hydrogen) atoms. The molecule has 3 heterocycles. The predicted molar refractivity (Wildman–Crippen MR) is 90.3 cm³/mol. The summed E-state index contributed by atoms with van der Waals surface area (Å²) in [4.78, 5) is 33.9. The van der Waals surface area contributed by atoms with Crippen LogP contribution < -0.4 is 0 Å². The molecule has 2 aliphatic heterocycles. The first kappa shape index (κ1) is 17.8. The van der Waals surface area contributed by atoms with Gasteiger partial charge in [-0.15, -0.1) is 0 Å². The maximum atomic E-state index is 14.0. The number of likely N-dealkylation sites (tertiary alicyclic amines) is 2. The van der Waals surface area contributed by atoms with Crippen LogP contribution >= 0.6 is 0 Å². The second-order valence-electron chi connectivity index (χ2n) is 7.26. The van der Waals surface area contributed by atoms with E-state index in [1.807, 2.05) is 17.8 Å². The molecule has 7 nitrogen and oxygen atoms in total. The molecule has 1 aromatic rings. The van der Waals surface area contributed by atoms with Crippen molar-refractivity contribution in [2.45, 2.75) is 31.6 Å². The van der Waals surface area contributed by atoms with E-state index in [0.29, 0.717) is 32.6 Å². The average Bonchev–Trinajstić information content (AvgIpc) is 3.21. The number of imidazole rings is 1. The highest BCUT2D eigenvalue weighted by atomic mass is 19.1. The minimum Gasteiger partial charge on any atom is -0.345 e. The van der Waals surface area contributed by atoms with E-state index >= 15 is 0 Å². The van der Waals surface area contributed by atoms with Crippen LogP contribution in [0, 0.1) is 5.92 Å². The lowest BCUT2D eigenvalue weighted by Crippen LogP contribution is -2.43. The molecule has 0 saturated carbocycles. The Morgan fingerprint density at radius 3 is 2.76 bits per heavy atom. The maximum absolute atomic E-state index is 14.0. The average molecular weight is 351 g/mol. The van der Waals surface area contributed by atoms with E-state index in [1.54, 1.807) is 30.1 Å². The lowest BCUT2D eigenvalue weighted by Gasteiger charge is -2.29. The standard InChI is InChI=1S/C17H26FN5O2/c1-20-5-4-19-15(20)11-23-9-13(18)7-14(23)10-22(3)17(25)12-6-16(24)21(2)8-12/h4-5,12-14H,6-11H2,1-3H3/t12?,13-,14-/m0/s1. The molecule has 0 radical (unpaired) electrons. The van der Waals surface area contributed by atoms with Crippen molar-refractivity contribution in [3.8, 4) is 0 Å². The van der Waals surface area contributed by atoms with Crippen molar-refractivity contribution in [3.63, 3.8) is 0 Å². The van der Waals surface area contributed by atoms with E-state index in [-0.39, 0.29) is 30.2 Å². The molecule has 2 aliphatic rings. The molecule has 3 atom stereocenters. The van der Waals surface area contributed by atoms with E-state index in [2.05, 4.69) is 9.88 Å². The molecule has 8 heteroatoms. The molecule has 138 valence electrons. The molecule has 0 spiro atoms. The van der Waals surface area contributed by atoms with Crippen LogP contribution in [0.1, 0.15) is 18.7 Å². The molecule has 0 N–H and O–H groups in total. The van der Waals surface area contributed by atoms with Crippen LogP contribution in [0.4, 0.5) is 4.39 Å². The third-order valence-electron chi connectivity index (χ3n) is 5.29. The first-order valence-corrected chi connectivity index (χ1v) is 8.68. The Bertz CT molecular complexity index is 649. The fourth-order valence-corrected chi connectivity index (χ4v) is 3.78. The van der Waals surface area contributed by atoms with Gasteiger partial charge in [0.1, 0.15) is 12.0 Å². The second-order valence-corrected chi connectivity index (χ2v) is 7.26. The zero-order valence-corrected chi connectivity index (χ0v) is 15.1. The Hall–Kier alpha value is -1.96. The van der Waals surface area contributed by atoms with E-state index in [1.165, 1.54) is 0 Å². The Balaban J connectivity index is 1.60. The minimum absolute atomic E-state index is 0.00727. The smallest absolute Gasteiger partial charge is 0.227 e. The molecular weight excluding hydrogens is 325 g/mol. The van der Waals surface area contributed by atoms with Gasteiger partial charge in [0.05, 0.1) is 12.5 Å². The van der Waals surface area contributed by atoms with Crippen LogP contribution in [0.15, 0.2) is 12.4 Å². The van der Waals surface area contributed by atoms with Crippen LogP contribution in [0.3, 0.4) is 0 Å². The third-order valence-corrected chi connectivity index (χ3v) is 5.29. The van der Waals surface area contributed by atoms with E-state index in [4.69, 9.17) is 0 Å². The number of amides is 2. The second kappa shape index (κ2) is 7.11. The summed E-state index contributed by atoms with van der Waals surface area (Å²) in [6.07, 6.45) is 3.42. The number of likely N-dealkylation sites (N-methyl/N-ethyl adjacent to an activating group) is 1. The molecule has 2 amide bonds. The van der Waals surface area contributed by atoms with Gasteiger partial charge in [0.15, 0.2) is 0 Å². The maximum Gasteiger partial charge on any atom is 0.227 e. The number of aryl methyl sites for hydroxylation is 1. The van der Waals surface area contributed by atoms with Gasteiger partial charge in [-0.1, -0.05) is 0 Å². The molecule has 1 unspecified atom stereocenters. The Morgan fingerprint density at radius 2 is 2.16 bits per heavy atom. The van der Waals surface area contributed by atoms with Crippen LogP contribution in [0.5, 0.6) is 0 Å². The Kier molecular flexibility index (Phi) is 5.08. The number of alkyl halides is 1. The van der Waals surface area contributed by atoms with Crippen molar-refractivity contribution < 1.29 is 14.0 Å². The van der Waals surface area contributed by atoms with Crippen molar-refractivity contribution >= 4 is 11.8 Å². The van der Waals surface area contributed by atoms with Gasteiger partial charge in [-0.2, -0.15) is 0 Å². The summed E-state index contributed by atoms with van der Waals surface area (Å²) in [7, 11) is 5.38. The van der Waals surface area contributed by atoms with Gasteiger partial charge >= 0.3 is 0 Å². The Morgan fingerprint density at radius 1 is 1.40 bits per heavy atom. The van der Waals surface area contributed by atoms with E-state index in [9.17, 15) is 14.0 Å². The fourth-order valence-electron chi connectivity index (χ4n) is 3.78. The van der Waals surface area contributed by atoms with Gasteiger partial charge in [-0.05, 0) is 6.42 Å². The summed E-state index contributed by atoms with van der Waals surface area (Å²) in [6, 6.07) is -0.0320. The van der Waals surface area contributed by atoms with Crippen LogP contribution in [-0.2, 0) is 23.2 Å². The van der Waals surface area contributed by atoms with Crippen LogP contribution in [-0.4, -0.2) is 82.0 Å². The van der Waals surface area contributed by atoms with Gasteiger partial charge in [-0.3, -0.25) is 14.5 Å². The van der Waals surface area contributed by atoms with Gasteiger partial charge in [0.2, 0.25) is 11.8 Å². The number of halogens is 1. The Labute approximate surface area is 147 Å². The summed E-state index contributed by atoms with van der Waals surface area (Å²) in [5.41, 5.74) is 0. The van der Waals surface area contributed by atoms with E-state index < -0.39 is 6.17 Å². The molecule has 3 rings (SSSR count). The van der Waals surface area contributed by atoms with E-state index in [0.717, 1.165) is 5.82 Å². The number of nitrogens with zero attached hydrogens (tertiary/aromatic N) is 5. The minimum atomic E-state index is -0.882. The number of hydrogen-bond donors (Lipinski definition) is 0. The van der Waals surface area contributed by atoms with Crippen LogP contribution in [0.25, 0.3) is 0 Å². The summed E-state index contributed by atoms with van der Waals surface area (Å²) >= 11 is 0. The third kappa shape index (κ3) is 3.84. The molecule has 1 aromatic heterocycles. The summed E-state index contributed by atoms with van der Waals surface area (Å²) < 4.78 is 15.9. The number of rotatable bonds is 5. The first-order chi connectivity index (χ1) is 11.8. The van der Waals surface area contributed by atoms with Gasteiger partial charge in [0.25, 0.3) is 0 Å². The number of carbonyl (C=O) groups is 2. The highest BCUT2D eigenvalue weighted by molar-refractivity contribution is 5.89. The quantitative estimate of drug-likeness (QED) is 0.764. The molecule has 2 saturated heterocycles. The zero-order valence-electron chi connectivity index (χ0n) is 15.1. The molecular formula is C17H26FN5O2. The molecule has 0 aromatic carbocycles. The lowest BCUT2D eigenvalue weighted by molar-refractivity contribution is -0.135. The number of aromatic nitrogens is 2. The largest absolute Gasteiger partial charge is 0.345 e. The first-order valence-electron chi connectivity index (χ1n) is 8.68. The van der Waals surface area contributed by atoms with Crippen LogP contribution in [0.2, 0.25) is 0 Å². The summed E-state index contributed by atoms with van der Waals surface area (Å²) in [5, 5.41) is 0. The predicted octanol–water partition coefficient (Wildman–Crippen LogP) is 0.269. The molecule has 0 bridgehead atoms. The topological polar surface area (TPSA) is 61.7 Å². The number of carbonyl (C=O) groups excluding carboxylic acids is 2. The van der Waals surface area contributed by atoms with Crippen molar-refractivity contribution in [1.82, 2.24) is 24.3 Å². The highest BCUT2D eigenvalue weighted by Crippen LogP contribution is 2.24. The van der Waals surface area contributed by atoms with Gasteiger partial charge < -0.3 is 14.4 Å². The zero-order chi connectivity index (χ0) is 18.1. The monoisotopic (exact) mass is 351 g/mol. The lowest BCUT2D eigenvalue weighted by atomic mass is 10.1. The molecule has 2 fully saturated rings. The normalized spacial score (nSPS) is 27.3. The fraction of sp³-hybridized carbons (Fsp3) is 0.706. The molecule has 0 aliphatic carbocycles. The van der Waals surface area contributed by atoms with Crippen molar-refractivity contribution in [3.05, 3.63) is 18.2 Å². The van der Waals surface area contributed by atoms with Gasteiger partial charge in [0, 0.05) is 65.6 Å². The van der Waals surface area contributed by atoms with Crippen molar-refractivity contribution in [2.24, 2.45) is 13.0 Å².